The molecule has 6 heteroatoms. The Kier molecular flexibility index (Phi) is 5.76. The van der Waals surface area contributed by atoms with Crippen molar-refractivity contribution in [2.45, 2.75) is 44.7 Å². The molecule has 0 aromatic rings. The van der Waals surface area contributed by atoms with Crippen molar-refractivity contribution in [1.82, 2.24) is 10.6 Å². The van der Waals surface area contributed by atoms with Crippen molar-refractivity contribution in [3.05, 3.63) is 0 Å². The number of hydrogen-bond donors (Lipinski definition) is 3. The zero-order valence-corrected chi connectivity index (χ0v) is 10.1. The minimum absolute atomic E-state index is 0.00406. The Morgan fingerprint density at radius 3 is 2.82 bits per heavy atom. The number of amides is 2. The molecule has 3 N–H and O–H groups in total. The topological polar surface area (TPSA) is 87.7 Å². The molecule has 2 unspecified atom stereocenters. The second-order valence-electron chi connectivity index (χ2n) is 4.21. The molecule has 17 heavy (non-hydrogen) atoms. The van der Waals surface area contributed by atoms with E-state index in [1.807, 2.05) is 6.92 Å². The fourth-order valence-corrected chi connectivity index (χ4v) is 1.70. The lowest BCUT2D eigenvalue weighted by Gasteiger charge is -2.16. The zero-order valence-electron chi connectivity index (χ0n) is 10.1. The van der Waals surface area contributed by atoms with Crippen LogP contribution in [0.5, 0.6) is 0 Å². The largest absolute Gasteiger partial charge is 0.480 e. The van der Waals surface area contributed by atoms with Gasteiger partial charge >= 0.3 is 12.0 Å². The summed E-state index contributed by atoms with van der Waals surface area (Å²) < 4.78 is 5.12. The van der Waals surface area contributed by atoms with E-state index in [-0.39, 0.29) is 6.04 Å². The summed E-state index contributed by atoms with van der Waals surface area (Å²) in [5.41, 5.74) is 0. The van der Waals surface area contributed by atoms with Crippen LogP contribution in [0.15, 0.2) is 0 Å². The molecule has 0 aliphatic carbocycles. The number of ether oxygens (including phenoxy) is 1. The molecule has 2 atom stereocenters. The number of carboxylic acid groups (broad SMARTS) is 1. The van der Waals surface area contributed by atoms with Crippen LogP contribution in [0.1, 0.15) is 32.6 Å². The van der Waals surface area contributed by atoms with E-state index >= 15 is 0 Å². The van der Waals surface area contributed by atoms with E-state index < -0.39 is 18.0 Å². The second kappa shape index (κ2) is 7.11. The highest BCUT2D eigenvalue weighted by Crippen LogP contribution is 2.04. The van der Waals surface area contributed by atoms with Gasteiger partial charge in [0.05, 0.1) is 12.6 Å². The first-order chi connectivity index (χ1) is 8.13. The number of rotatable bonds is 6. The monoisotopic (exact) mass is 244 g/mol. The molecule has 0 bridgehead atoms. The van der Waals surface area contributed by atoms with E-state index in [1.54, 1.807) is 0 Å². The highest BCUT2D eigenvalue weighted by molar-refractivity contribution is 5.82. The van der Waals surface area contributed by atoms with Gasteiger partial charge in [-0.3, -0.25) is 0 Å². The summed E-state index contributed by atoms with van der Waals surface area (Å²) in [6, 6.07) is -1.24. The summed E-state index contributed by atoms with van der Waals surface area (Å²) >= 11 is 0. The molecule has 0 radical (unpaired) electrons. The van der Waals surface area contributed by atoms with Crippen LogP contribution < -0.4 is 10.6 Å². The molecule has 2 amide bonds. The standard InChI is InChI=1S/C11H20N2O4/c1-2-3-4-9(10(14)15)13-11(16)12-8-5-6-17-7-8/h8-9H,2-7H2,1H3,(H,14,15)(H2,12,13,16). The lowest BCUT2D eigenvalue weighted by atomic mass is 10.1. The van der Waals surface area contributed by atoms with Gasteiger partial charge < -0.3 is 20.5 Å². The number of aliphatic carboxylic acids is 1. The number of urea groups is 1. The molecule has 98 valence electrons. The summed E-state index contributed by atoms with van der Waals surface area (Å²) in [6.07, 6.45) is 2.92. The van der Waals surface area contributed by atoms with Crippen molar-refractivity contribution in [3.8, 4) is 0 Å². The molecule has 1 heterocycles. The van der Waals surface area contributed by atoms with Crippen molar-refractivity contribution in [1.29, 1.82) is 0 Å². The van der Waals surface area contributed by atoms with E-state index in [0.717, 1.165) is 19.3 Å². The third-order valence-electron chi connectivity index (χ3n) is 2.71. The first kappa shape index (κ1) is 13.8. The number of hydrogen-bond acceptors (Lipinski definition) is 3. The van der Waals surface area contributed by atoms with E-state index in [2.05, 4.69) is 10.6 Å². The molecule has 1 aliphatic heterocycles. The molecule has 0 aromatic carbocycles. The van der Waals surface area contributed by atoms with Crippen LogP contribution in [0, 0.1) is 0 Å². The Balaban J connectivity index is 2.32. The number of carboxylic acids is 1. The second-order valence-corrected chi connectivity index (χ2v) is 4.21. The molecule has 0 spiro atoms. The molecule has 0 saturated carbocycles. The Hall–Kier alpha value is -1.30. The predicted octanol–water partition coefficient (Wildman–Crippen LogP) is 0.718. The molecule has 0 aromatic heterocycles. The fraction of sp³-hybridized carbons (Fsp3) is 0.818. The SMILES string of the molecule is CCCCC(NC(=O)NC1CCOC1)C(=O)O. The lowest BCUT2D eigenvalue weighted by molar-refractivity contribution is -0.139. The molecule has 1 aliphatic rings. The normalized spacial score (nSPS) is 20.9. The maximum absolute atomic E-state index is 11.5. The van der Waals surface area contributed by atoms with E-state index in [9.17, 15) is 9.59 Å². The number of carbonyl (C=O) groups excluding carboxylic acids is 1. The Labute approximate surface area is 101 Å². The van der Waals surface area contributed by atoms with Crippen LogP contribution in [0.25, 0.3) is 0 Å². The Bertz CT molecular complexity index is 264. The third kappa shape index (κ3) is 5.04. The maximum Gasteiger partial charge on any atom is 0.326 e. The first-order valence-corrected chi connectivity index (χ1v) is 6.01. The van der Waals surface area contributed by atoms with Crippen LogP contribution >= 0.6 is 0 Å². The minimum Gasteiger partial charge on any atom is -0.480 e. The van der Waals surface area contributed by atoms with Gasteiger partial charge in [-0.05, 0) is 12.8 Å². The van der Waals surface area contributed by atoms with Crippen molar-refractivity contribution in [2.75, 3.05) is 13.2 Å². The summed E-state index contributed by atoms with van der Waals surface area (Å²) in [7, 11) is 0. The van der Waals surface area contributed by atoms with E-state index in [4.69, 9.17) is 9.84 Å². The number of nitrogens with one attached hydrogen (secondary N) is 2. The minimum atomic E-state index is -0.990. The van der Waals surface area contributed by atoms with Gasteiger partial charge in [-0.2, -0.15) is 0 Å². The van der Waals surface area contributed by atoms with Crippen LogP contribution in [0.3, 0.4) is 0 Å². The zero-order chi connectivity index (χ0) is 12.7. The third-order valence-corrected chi connectivity index (χ3v) is 2.71. The van der Waals surface area contributed by atoms with Crippen LogP contribution in [-0.4, -0.2) is 42.4 Å². The molecular formula is C11H20N2O4. The Morgan fingerprint density at radius 2 is 2.29 bits per heavy atom. The predicted molar refractivity (Wildman–Crippen MR) is 61.8 cm³/mol. The molecular weight excluding hydrogens is 224 g/mol. The van der Waals surface area contributed by atoms with E-state index in [0.29, 0.717) is 19.6 Å². The molecule has 1 rings (SSSR count). The van der Waals surface area contributed by atoms with Crippen molar-refractivity contribution in [3.63, 3.8) is 0 Å². The van der Waals surface area contributed by atoms with Gasteiger partial charge in [0.15, 0.2) is 0 Å². The van der Waals surface area contributed by atoms with Gasteiger partial charge in [0.25, 0.3) is 0 Å². The van der Waals surface area contributed by atoms with Crippen molar-refractivity contribution >= 4 is 12.0 Å². The van der Waals surface area contributed by atoms with Crippen molar-refractivity contribution < 1.29 is 19.4 Å². The van der Waals surface area contributed by atoms with Crippen LogP contribution in [-0.2, 0) is 9.53 Å². The van der Waals surface area contributed by atoms with Gasteiger partial charge in [-0.1, -0.05) is 19.8 Å². The average molecular weight is 244 g/mol. The van der Waals surface area contributed by atoms with Crippen LogP contribution in [0.4, 0.5) is 4.79 Å². The van der Waals surface area contributed by atoms with E-state index in [1.165, 1.54) is 0 Å². The number of unbranched alkanes of at least 4 members (excludes halogenated alkanes) is 1. The highest BCUT2D eigenvalue weighted by atomic mass is 16.5. The molecule has 6 nitrogen and oxygen atoms in total. The van der Waals surface area contributed by atoms with Gasteiger partial charge in [0, 0.05) is 6.61 Å². The summed E-state index contributed by atoms with van der Waals surface area (Å²) in [6.45, 7) is 3.12. The Morgan fingerprint density at radius 1 is 1.53 bits per heavy atom. The van der Waals surface area contributed by atoms with Crippen LogP contribution in [0.2, 0.25) is 0 Å². The van der Waals surface area contributed by atoms with Gasteiger partial charge in [-0.25, -0.2) is 9.59 Å². The van der Waals surface area contributed by atoms with Gasteiger partial charge in [0.1, 0.15) is 6.04 Å². The van der Waals surface area contributed by atoms with Gasteiger partial charge in [0.2, 0.25) is 0 Å². The maximum atomic E-state index is 11.5. The molecule has 1 fully saturated rings. The smallest absolute Gasteiger partial charge is 0.326 e. The first-order valence-electron chi connectivity index (χ1n) is 6.01. The summed E-state index contributed by atoms with van der Waals surface area (Å²) in [5.74, 6) is -0.990. The fourth-order valence-electron chi connectivity index (χ4n) is 1.70. The van der Waals surface area contributed by atoms with Gasteiger partial charge in [-0.15, -0.1) is 0 Å². The molecule has 1 saturated heterocycles. The quantitative estimate of drug-likeness (QED) is 0.642. The average Bonchev–Trinajstić information content (AvgIpc) is 2.76. The van der Waals surface area contributed by atoms with Crippen molar-refractivity contribution in [2.24, 2.45) is 0 Å². The lowest BCUT2D eigenvalue weighted by Crippen LogP contribution is -2.49. The summed E-state index contributed by atoms with van der Waals surface area (Å²) in [4.78, 5) is 22.4. The highest BCUT2D eigenvalue weighted by Gasteiger charge is 2.22. The summed E-state index contributed by atoms with van der Waals surface area (Å²) in [5, 5.41) is 14.1. The number of carbonyl (C=O) groups is 2.